The summed E-state index contributed by atoms with van der Waals surface area (Å²) in [4.78, 5) is 14.0. The van der Waals surface area contributed by atoms with Crippen LogP contribution < -0.4 is 5.32 Å². The SMILES string of the molecule is Cc1ccc(Nc2c([N+](=O)[O-])ncn2C)cc1. The predicted molar refractivity (Wildman–Crippen MR) is 64.3 cm³/mol. The van der Waals surface area contributed by atoms with Gasteiger partial charge in [-0.15, -0.1) is 0 Å². The summed E-state index contributed by atoms with van der Waals surface area (Å²) in [5.41, 5.74) is 1.93. The van der Waals surface area contributed by atoms with E-state index in [2.05, 4.69) is 10.3 Å². The smallest absolute Gasteiger partial charge is 0.358 e. The van der Waals surface area contributed by atoms with E-state index in [1.807, 2.05) is 31.2 Å². The van der Waals surface area contributed by atoms with Gasteiger partial charge in [0.2, 0.25) is 12.1 Å². The minimum absolute atomic E-state index is 0.173. The van der Waals surface area contributed by atoms with E-state index in [-0.39, 0.29) is 5.82 Å². The van der Waals surface area contributed by atoms with Crippen molar-refractivity contribution in [2.45, 2.75) is 6.92 Å². The van der Waals surface area contributed by atoms with Crippen LogP contribution in [-0.2, 0) is 7.05 Å². The molecule has 0 fully saturated rings. The van der Waals surface area contributed by atoms with Crippen LogP contribution in [0, 0.1) is 17.0 Å². The van der Waals surface area contributed by atoms with E-state index in [1.54, 1.807) is 11.6 Å². The van der Waals surface area contributed by atoms with Gasteiger partial charge < -0.3 is 15.4 Å². The quantitative estimate of drug-likeness (QED) is 0.651. The third kappa shape index (κ3) is 2.25. The highest BCUT2D eigenvalue weighted by molar-refractivity contribution is 5.63. The first kappa shape index (κ1) is 11.1. The minimum Gasteiger partial charge on any atom is -0.358 e. The lowest BCUT2D eigenvalue weighted by molar-refractivity contribution is -0.388. The summed E-state index contributed by atoms with van der Waals surface area (Å²) >= 11 is 0. The fraction of sp³-hybridized carbons (Fsp3) is 0.182. The van der Waals surface area contributed by atoms with Gasteiger partial charge in [-0.05, 0) is 29.0 Å². The Bertz CT molecular complexity index is 545. The summed E-state index contributed by atoms with van der Waals surface area (Å²) in [5, 5.41) is 13.8. The fourth-order valence-corrected chi connectivity index (χ4v) is 1.47. The van der Waals surface area contributed by atoms with Crippen LogP contribution in [-0.4, -0.2) is 14.5 Å². The van der Waals surface area contributed by atoms with Gasteiger partial charge in [0, 0.05) is 12.7 Å². The maximum absolute atomic E-state index is 10.8. The summed E-state index contributed by atoms with van der Waals surface area (Å²) in [7, 11) is 1.70. The molecule has 2 aromatic rings. The van der Waals surface area contributed by atoms with E-state index in [1.165, 1.54) is 6.33 Å². The first-order valence-electron chi connectivity index (χ1n) is 5.07. The molecule has 0 atom stereocenters. The van der Waals surface area contributed by atoms with Crippen LogP contribution in [0.2, 0.25) is 0 Å². The van der Waals surface area contributed by atoms with Crippen molar-refractivity contribution in [2.24, 2.45) is 7.05 Å². The molecule has 0 aliphatic carbocycles. The van der Waals surface area contributed by atoms with E-state index >= 15 is 0 Å². The standard InChI is InChI=1S/C11H12N4O2/c1-8-3-5-9(6-4-8)13-11-10(15(16)17)12-7-14(11)2/h3-7,13H,1-2H3. The van der Waals surface area contributed by atoms with E-state index in [0.29, 0.717) is 5.82 Å². The number of nitrogens with one attached hydrogen (secondary N) is 1. The Morgan fingerprint density at radius 1 is 1.35 bits per heavy atom. The van der Waals surface area contributed by atoms with Crippen molar-refractivity contribution in [1.82, 2.24) is 9.55 Å². The average molecular weight is 232 g/mol. The topological polar surface area (TPSA) is 73.0 Å². The Hall–Kier alpha value is -2.37. The molecular weight excluding hydrogens is 220 g/mol. The van der Waals surface area contributed by atoms with Gasteiger partial charge in [0.1, 0.15) is 0 Å². The molecule has 6 heteroatoms. The van der Waals surface area contributed by atoms with Gasteiger partial charge in [-0.25, -0.2) is 0 Å². The molecule has 1 aromatic heterocycles. The van der Waals surface area contributed by atoms with Crippen molar-refractivity contribution in [1.29, 1.82) is 0 Å². The molecule has 88 valence electrons. The number of anilines is 2. The first-order chi connectivity index (χ1) is 8.08. The van der Waals surface area contributed by atoms with Crippen molar-refractivity contribution in [3.05, 3.63) is 46.3 Å². The highest BCUT2D eigenvalue weighted by Crippen LogP contribution is 2.25. The molecule has 0 amide bonds. The molecule has 0 bridgehead atoms. The first-order valence-corrected chi connectivity index (χ1v) is 5.07. The largest absolute Gasteiger partial charge is 0.406 e. The van der Waals surface area contributed by atoms with Gasteiger partial charge >= 0.3 is 5.82 Å². The van der Waals surface area contributed by atoms with E-state index < -0.39 is 4.92 Å². The number of aromatic nitrogens is 2. The average Bonchev–Trinajstić information content (AvgIpc) is 2.64. The minimum atomic E-state index is -0.503. The number of rotatable bonds is 3. The molecule has 2 rings (SSSR count). The predicted octanol–water partition coefficient (Wildman–Crippen LogP) is 2.38. The van der Waals surface area contributed by atoms with E-state index in [9.17, 15) is 10.1 Å². The molecule has 0 saturated carbocycles. The van der Waals surface area contributed by atoms with Crippen LogP contribution >= 0.6 is 0 Å². The number of aryl methyl sites for hydroxylation is 2. The van der Waals surface area contributed by atoms with Crippen LogP contribution in [0.1, 0.15) is 5.56 Å². The molecule has 0 aliphatic heterocycles. The van der Waals surface area contributed by atoms with Crippen molar-refractivity contribution in [3.63, 3.8) is 0 Å². The lowest BCUT2D eigenvalue weighted by Gasteiger charge is -2.06. The van der Waals surface area contributed by atoms with Crippen LogP contribution in [0.25, 0.3) is 0 Å². The summed E-state index contributed by atoms with van der Waals surface area (Å²) in [6.45, 7) is 1.98. The van der Waals surface area contributed by atoms with Gasteiger partial charge in [-0.3, -0.25) is 4.57 Å². The fourth-order valence-electron chi connectivity index (χ4n) is 1.47. The maximum atomic E-state index is 10.8. The summed E-state index contributed by atoms with van der Waals surface area (Å²) in [5.74, 6) is 0.201. The van der Waals surface area contributed by atoms with Crippen molar-refractivity contribution in [3.8, 4) is 0 Å². The number of nitrogens with zero attached hydrogens (tertiary/aromatic N) is 3. The second-order valence-corrected chi connectivity index (χ2v) is 3.78. The normalized spacial score (nSPS) is 10.2. The molecule has 17 heavy (non-hydrogen) atoms. The molecule has 0 saturated heterocycles. The van der Waals surface area contributed by atoms with Crippen LogP contribution in [0.4, 0.5) is 17.3 Å². The number of imidazole rings is 1. The number of hydrogen-bond donors (Lipinski definition) is 1. The molecule has 1 heterocycles. The third-order valence-electron chi connectivity index (χ3n) is 2.40. The lowest BCUT2D eigenvalue weighted by Crippen LogP contribution is -2.00. The number of hydrogen-bond acceptors (Lipinski definition) is 4. The van der Waals surface area contributed by atoms with E-state index in [4.69, 9.17) is 0 Å². The lowest BCUT2D eigenvalue weighted by atomic mass is 10.2. The zero-order chi connectivity index (χ0) is 12.4. The monoisotopic (exact) mass is 232 g/mol. The van der Waals surface area contributed by atoms with Crippen LogP contribution in [0.3, 0.4) is 0 Å². The zero-order valence-electron chi connectivity index (χ0n) is 9.54. The zero-order valence-corrected chi connectivity index (χ0v) is 9.54. The summed E-state index contributed by atoms with van der Waals surface area (Å²) < 4.78 is 1.58. The summed E-state index contributed by atoms with van der Waals surface area (Å²) in [6.07, 6.45) is 1.41. The van der Waals surface area contributed by atoms with Crippen molar-refractivity contribution in [2.75, 3.05) is 5.32 Å². The van der Waals surface area contributed by atoms with Crippen LogP contribution in [0.15, 0.2) is 30.6 Å². The second-order valence-electron chi connectivity index (χ2n) is 3.78. The Morgan fingerprint density at radius 3 is 2.59 bits per heavy atom. The Labute approximate surface area is 98.1 Å². The van der Waals surface area contributed by atoms with Gasteiger partial charge in [0.25, 0.3) is 0 Å². The molecule has 6 nitrogen and oxygen atoms in total. The highest BCUT2D eigenvalue weighted by Gasteiger charge is 2.19. The molecular formula is C11H12N4O2. The van der Waals surface area contributed by atoms with Crippen LogP contribution in [0.5, 0.6) is 0 Å². The number of benzene rings is 1. The maximum Gasteiger partial charge on any atom is 0.406 e. The Balaban J connectivity index is 2.32. The second kappa shape index (κ2) is 4.25. The molecule has 0 aliphatic rings. The molecule has 0 radical (unpaired) electrons. The molecule has 1 aromatic carbocycles. The van der Waals surface area contributed by atoms with Gasteiger partial charge in [-0.2, -0.15) is 0 Å². The number of nitro groups is 1. The molecule has 0 unspecified atom stereocenters. The van der Waals surface area contributed by atoms with Gasteiger partial charge in [0.15, 0.2) is 0 Å². The highest BCUT2D eigenvalue weighted by atomic mass is 16.6. The summed E-state index contributed by atoms with van der Waals surface area (Å²) in [6, 6.07) is 7.60. The Kier molecular flexibility index (Phi) is 2.78. The van der Waals surface area contributed by atoms with Gasteiger partial charge in [0.05, 0.1) is 0 Å². The van der Waals surface area contributed by atoms with Crippen molar-refractivity contribution >= 4 is 17.3 Å². The molecule has 0 spiro atoms. The van der Waals surface area contributed by atoms with Crippen molar-refractivity contribution < 1.29 is 4.92 Å². The third-order valence-corrected chi connectivity index (χ3v) is 2.40. The molecule has 1 N–H and O–H groups in total. The van der Waals surface area contributed by atoms with E-state index in [0.717, 1.165) is 11.3 Å². The Morgan fingerprint density at radius 2 is 2.00 bits per heavy atom. The van der Waals surface area contributed by atoms with Gasteiger partial charge in [-0.1, -0.05) is 17.7 Å².